The molecule has 110 valence electrons. The Balaban J connectivity index is 1.77. The molecule has 0 amide bonds. The van der Waals surface area contributed by atoms with Crippen LogP contribution in [0.3, 0.4) is 0 Å². The van der Waals surface area contributed by atoms with Crippen molar-refractivity contribution < 1.29 is 0 Å². The first-order valence-corrected chi connectivity index (χ1v) is 11.7. The zero-order valence-corrected chi connectivity index (χ0v) is 15.1. The Bertz CT molecular complexity index is 266. The summed E-state index contributed by atoms with van der Waals surface area (Å²) >= 11 is 0. The first-order valence-electron chi connectivity index (χ1n) is 8.64. The van der Waals surface area contributed by atoms with Crippen molar-refractivity contribution in [2.24, 2.45) is 0 Å². The van der Waals surface area contributed by atoms with Gasteiger partial charge in [0, 0.05) is 0 Å². The van der Waals surface area contributed by atoms with E-state index in [0.717, 1.165) is 22.6 Å². The topological polar surface area (TPSA) is 0 Å². The molecule has 0 N–H and O–H groups in total. The first-order chi connectivity index (χ1) is 9.09. The zero-order chi connectivity index (χ0) is 13.6. The van der Waals surface area contributed by atoms with Crippen LogP contribution in [0.1, 0.15) is 72.6 Å². The molecular formula is C17H32P2. The lowest BCUT2D eigenvalue weighted by molar-refractivity contribution is 0.777. The summed E-state index contributed by atoms with van der Waals surface area (Å²) in [5.41, 5.74) is 6.68. The third-order valence-corrected chi connectivity index (χ3v) is 14.4. The summed E-state index contributed by atoms with van der Waals surface area (Å²) in [6, 6.07) is 0. The molecule has 3 rings (SSSR count). The van der Waals surface area contributed by atoms with Crippen LogP contribution in [0.4, 0.5) is 0 Å². The van der Waals surface area contributed by atoms with Crippen molar-refractivity contribution in [3.8, 4) is 0 Å². The van der Waals surface area contributed by atoms with Gasteiger partial charge in [0.1, 0.15) is 0 Å². The Morgan fingerprint density at radius 2 is 0.842 bits per heavy atom. The van der Waals surface area contributed by atoms with Gasteiger partial charge in [-0.15, -0.1) is 0 Å². The summed E-state index contributed by atoms with van der Waals surface area (Å²) in [6.07, 6.45) is 10.9. The van der Waals surface area contributed by atoms with Gasteiger partial charge < -0.3 is 0 Å². The fraction of sp³-hybridized carbons (Fsp3) is 1.00. The van der Waals surface area contributed by atoms with Crippen molar-refractivity contribution in [2.75, 3.05) is 0 Å². The van der Waals surface area contributed by atoms with E-state index in [4.69, 9.17) is 0 Å². The maximum atomic E-state index is 2.58. The van der Waals surface area contributed by atoms with E-state index in [-0.39, 0.29) is 0 Å². The van der Waals surface area contributed by atoms with Gasteiger partial charge in [0.25, 0.3) is 0 Å². The van der Waals surface area contributed by atoms with E-state index in [1.807, 2.05) is 0 Å². The van der Waals surface area contributed by atoms with E-state index in [1.165, 1.54) is 11.3 Å². The average molecular weight is 298 g/mol. The van der Waals surface area contributed by atoms with Crippen LogP contribution in [0.25, 0.3) is 0 Å². The van der Waals surface area contributed by atoms with Crippen LogP contribution in [0.15, 0.2) is 0 Å². The van der Waals surface area contributed by atoms with E-state index in [9.17, 15) is 0 Å². The third-order valence-electron chi connectivity index (χ3n) is 6.25. The zero-order valence-electron chi connectivity index (χ0n) is 13.3. The predicted octanol–water partition coefficient (Wildman–Crippen LogP) is 6.01. The van der Waals surface area contributed by atoms with Gasteiger partial charge in [-0.25, -0.2) is 0 Å². The van der Waals surface area contributed by atoms with Crippen molar-refractivity contribution in [1.82, 2.24) is 0 Å². The van der Waals surface area contributed by atoms with Crippen molar-refractivity contribution in [3.63, 3.8) is 0 Å². The third kappa shape index (κ3) is 2.66. The van der Waals surface area contributed by atoms with Crippen molar-refractivity contribution in [1.29, 1.82) is 0 Å². The molecule has 3 aliphatic rings. The Hall–Kier alpha value is 0.860. The number of rotatable bonds is 2. The van der Waals surface area contributed by atoms with E-state index < -0.39 is 0 Å². The smallest absolute Gasteiger partial charge is 0.0136 e. The van der Waals surface area contributed by atoms with Crippen molar-refractivity contribution in [3.05, 3.63) is 0 Å². The maximum Gasteiger partial charge on any atom is -0.0136 e. The molecule has 0 spiro atoms. The molecule has 0 aromatic carbocycles. The summed E-state index contributed by atoms with van der Waals surface area (Å²) in [4.78, 5) is 0. The van der Waals surface area contributed by atoms with Crippen molar-refractivity contribution >= 4 is 15.8 Å². The minimum Gasteiger partial charge on any atom is -0.0971 e. The summed E-state index contributed by atoms with van der Waals surface area (Å²) in [5.74, 6) is 0. The summed E-state index contributed by atoms with van der Waals surface area (Å²) in [5, 5.41) is 0. The molecule has 0 aromatic rings. The standard InChI is InChI=1S/C17H32P2/c1-12-8-9-13(2)18(12)16-6-5-7-17(16)19-14(3)10-11-15(19)4/h12-17H,5-11H2,1-4H3/t12-,13-,14-,15-,16?,17?/m0/s1. The highest BCUT2D eigenvalue weighted by molar-refractivity contribution is 7.64. The molecule has 1 aliphatic carbocycles. The first kappa shape index (κ1) is 14.8. The fourth-order valence-electron chi connectivity index (χ4n) is 5.35. The molecule has 2 aliphatic heterocycles. The molecule has 2 heteroatoms. The molecule has 0 nitrogen and oxygen atoms in total. The van der Waals surface area contributed by atoms with Crippen LogP contribution in [0.2, 0.25) is 0 Å². The molecule has 1 saturated carbocycles. The normalized spacial score (nSPS) is 49.3. The lowest BCUT2D eigenvalue weighted by atomic mass is 10.2. The highest BCUT2D eigenvalue weighted by atomic mass is 31.1. The predicted molar refractivity (Wildman–Crippen MR) is 91.6 cm³/mol. The molecule has 0 radical (unpaired) electrons. The highest BCUT2D eigenvalue weighted by Crippen LogP contribution is 2.70. The second-order valence-electron chi connectivity index (χ2n) is 7.51. The molecular weight excluding hydrogens is 266 g/mol. The van der Waals surface area contributed by atoms with E-state index in [1.54, 1.807) is 44.9 Å². The average Bonchev–Trinajstić information content (AvgIpc) is 3.02. The van der Waals surface area contributed by atoms with Crippen molar-refractivity contribution in [2.45, 2.75) is 107 Å². The molecule has 0 bridgehead atoms. The Morgan fingerprint density at radius 3 is 1.16 bits per heavy atom. The van der Waals surface area contributed by atoms with E-state index >= 15 is 0 Å². The Kier molecular flexibility index (Phi) is 4.61. The van der Waals surface area contributed by atoms with Gasteiger partial charge in [0.15, 0.2) is 0 Å². The molecule has 3 fully saturated rings. The van der Waals surface area contributed by atoms with Gasteiger partial charge in [0.2, 0.25) is 0 Å². The quantitative estimate of drug-likeness (QED) is 0.547. The second-order valence-corrected chi connectivity index (χ2v) is 14.2. The number of hydrogen-bond acceptors (Lipinski definition) is 0. The molecule has 2 heterocycles. The molecule has 6 atom stereocenters. The van der Waals surface area contributed by atoms with Gasteiger partial charge >= 0.3 is 0 Å². The minimum absolute atomic E-state index is 0.354. The van der Waals surface area contributed by atoms with E-state index in [2.05, 4.69) is 27.7 Å². The van der Waals surface area contributed by atoms with Crippen LogP contribution in [-0.2, 0) is 0 Å². The maximum absolute atomic E-state index is 2.58. The summed E-state index contributed by atoms with van der Waals surface area (Å²) in [7, 11) is 0.708. The van der Waals surface area contributed by atoms with Gasteiger partial charge in [-0.3, -0.25) is 0 Å². The molecule has 0 aromatic heterocycles. The second kappa shape index (κ2) is 5.93. The SMILES string of the molecule is C[C@H]1CC[C@H](C)P1C1CCCC1P1[C@@H](C)CC[C@@H]1C. The Morgan fingerprint density at radius 1 is 0.526 bits per heavy atom. The van der Waals surface area contributed by atoms with Crippen LogP contribution in [0.5, 0.6) is 0 Å². The summed E-state index contributed by atoms with van der Waals surface area (Å²) < 4.78 is 0. The van der Waals surface area contributed by atoms with Gasteiger partial charge in [-0.1, -0.05) is 50.0 Å². The molecule has 19 heavy (non-hydrogen) atoms. The number of hydrogen-bond donors (Lipinski definition) is 0. The van der Waals surface area contributed by atoms with Crippen LogP contribution < -0.4 is 0 Å². The van der Waals surface area contributed by atoms with Gasteiger partial charge in [-0.2, -0.15) is 0 Å². The Labute approximate surface area is 123 Å². The highest BCUT2D eigenvalue weighted by Gasteiger charge is 2.47. The van der Waals surface area contributed by atoms with Gasteiger partial charge in [-0.05, 0) is 72.5 Å². The molecule has 2 saturated heterocycles. The largest absolute Gasteiger partial charge is 0.0971 e. The van der Waals surface area contributed by atoms with Gasteiger partial charge in [0.05, 0.1) is 0 Å². The monoisotopic (exact) mass is 298 g/mol. The van der Waals surface area contributed by atoms with Crippen LogP contribution in [0, 0.1) is 0 Å². The van der Waals surface area contributed by atoms with E-state index in [0.29, 0.717) is 15.8 Å². The lowest BCUT2D eigenvalue weighted by Gasteiger charge is -2.38. The lowest BCUT2D eigenvalue weighted by Crippen LogP contribution is -2.25. The minimum atomic E-state index is 0.354. The van der Waals surface area contributed by atoms with Crippen LogP contribution >= 0.6 is 15.8 Å². The van der Waals surface area contributed by atoms with Crippen LogP contribution in [-0.4, -0.2) is 34.0 Å². The summed E-state index contributed by atoms with van der Waals surface area (Å²) in [6.45, 7) is 10.3. The molecule has 2 unspecified atom stereocenters. The fourth-order valence-corrected chi connectivity index (χ4v) is 14.5.